The van der Waals surface area contributed by atoms with Crippen LogP contribution in [0.25, 0.3) is 0 Å². The summed E-state index contributed by atoms with van der Waals surface area (Å²) in [6, 6.07) is 0. The molecule has 0 aliphatic carbocycles. The SMILES string of the molecule is CC(O)CN(C)C(=O)CCCNC(=O)C(C)(C)C. The first-order valence-electron chi connectivity index (χ1n) is 6.35. The summed E-state index contributed by atoms with van der Waals surface area (Å²) in [5, 5.41) is 12.0. The van der Waals surface area contributed by atoms with E-state index in [1.165, 1.54) is 4.90 Å². The first kappa shape index (κ1) is 16.9. The molecule has 1 unspecified atom stereocenters. The number of hydrogen-bond acceptors (Lipinski definition) is 3. The number of aliphatic hydroxyl groups is 1. The Bertz CT molecular complexity index is 282. The Labute approximate surface area is 110 Å². The maximum atomic E-state index is 11.6. The van der Waals surface area contributed by atoms with E-state index < -0.39 is 11.5 Å². The zero-order valence-electron chi connectivity index (χ0n) is 12.1. The number of aliphatic hydroxyl groups excluding tert-OH is 1. The molecule has 0 radical (unpaired) electrons. The number of carbonyl (C=O) groups is 2. The van der Waals surface area contributed by atoms with Crippen LogP contribution in [0.3, 0.4) is 0 Å². The minimum absolute atomic E-state index is 0.00714. The molecule has 0 heterocycles. The van der Waals surface area contributed by atoms with Gasteiger partial charge in [0.05, 0.1) is 6.10 Å². The van der Waals surface area contributed by atoms with Crippen LogP contribution < -0.4 is 5.32 Å². The van der Waals surface area contributed by atoms with Gasteiger partial charge in [-0.15, -0.1) is 0 Å². The van der Waals surface area contributed by atoms with Crippen molar-refractivity contribution in [2.45, 2.75) is 46.6 Å². The van der Waals surface area contributed by atoms with Crippen molar-refractivity contribution in [2.75, 3.05) is 20.1 Å². The Morgan fingerprint density at radius 1 is 1.33 bits per heavy atom. The van der Waals surface area contributed by atoms with E-state index in [2.05, 4.69) is 5.32 Å². The minimum Gasteiger partial charge on any atom is -0.392 e. The van der Waals surface area contributed by atoms with E-state index in [0.717, 1.165) is 0 Å². The highest BCUT2D eigenvalue weighted by atomic mass is 16.3. The normalized spacial score (nSPS) is 13.0. The van der Waals surface area contributed by atoms with Crippen molar-refractivity contribution in [1.29, 1.82) is 0 Å². The van der Waals surface area contributed by atoms with Crippen molar-refractivity contribution < 1.29 is 14.7 Å². The predicted molar refractivity (Wildman–Crippen MR) is 71.0 cm³/mol. The Balaban J connectivity index is 3.79. The van der Waals surface area contributed by atoms with Crippen LogP contribution in [0.15, 0.2) is 0 Å². The number of rotatable bonds is 6. The molecule has 0 aromatic rings. The van der Waals surface area contributed by atoms with Crippen LogP contribution in [0, 0.1) is 5.41 Å². The van der Waals surface area contributed by atoms with Gasteiger partial charge in [0.1, 0.15) is 0 Å². The quantitative estimate of drug-likeness (QED) is 0.691. The van der Waals surface area contributed by atoms with Crippen LogP contribution in [0.1, 0.15) is 40.5 Å². The molecule has 0 rings (SSSR count). The molecule has 0 saturated heterocycles. The van der Waals surface area contributed by atoms with Gasteiger partial charge in [-0.3, -0.25) is 9.59 Å². The molecule has 2 amide bonds. The number of hydrogen-bond donors (Lipinski definition) is 2. The molecule has 0 aliphatic rings. The number of carbonyl (C=O) groups excluding carboxylic acids is 2. The molecule has 5 nitrogen and oxygen atoms in total. The lowest BCUT2D eigenvalue weighted by atomic mass is 9.96. The van der Waals surface area contributed by atoms with E-state index in [1.807, 2.05) is 20.8 Å². The van der Waals surface area contributed by atoms with Gasteiger partial charge in [-0.1, -0.05) is 20.8 Å². The zero-order valence-corrected chi connectivity index (χ0v) is 12.1. The topological polar surface area (TPSA) is 69.6 Å². The summed E-state index contributed by atoms with van der Waals surface area (Å²) in [5.74, 6) is -0.0202. The molecule has 1 atom stereocenters. The van der Waals surface area contributed by atoms with Gasteiger partial charge in [0.2, 0.25) is 11.8 Å². The molecule has 0 saturated carbocycles. The average Bonchev–Trinajstić information content (AvgIpc) is 2.21. The summed E-state index contributed by atoms with van der Waals surface area (Å²) >= 11 is 0. The second kappa shape index (κ2) is 7.36. The summed E-state index contributed by atoms with van der Waals surface area (Å²) < 4.78 is 0. The summed E-state index contributed by atoms with van der Waals surface area (Å²) in [5.41, 5.74) is -0.396. The van der Waals surface area contributed by atoms with E-state index in [9.17, 15) is 9.59 Å². The van der Waals surface area contributed by atoms with Crippen LogP contribution >= 0.6 is 0 Å². The highest BCUT2D eigenvalue weighted by Gasteiger charge is 2.20. The highest BCUT2D eigenvalue weighted by molar-refractivity contribution is 5.81. The van der Waals surface area contributed by atoms with Crippen LogP contribution in [-0.2, 0) is 9.59 Å². The summed E-state index contributed by atoms with van der Waals surface area (Å²) in [6.45, 7) is 8.04. The maximum Gasteiger partial charge on any atom is 0.225 e. The Morgan fingerprint density at radius 3 is 2.33 bits per heavy atom. The third-order valence-electron chi connectivity index (χ3n) is 2.50. The largest absolute Gasteiger partial charge is 0.392 e. The molecule has 0 aromatic heterocycles. The van der Waals surface area contributed by atoms with Gasteiger partial charge in [0.15, 0.2) is 0 Å². The van der Waals surface area contributed by atoms with Gasteiger partial charge in [0.25, 0.3) is 0 Å². The van der Waals surface area contributed by atoms with Gasteiger partial charge in [-0.2, -0.15) is 0 Å². The Kier molecular flexibility index (Phi) is 6.91. The van der Waals surface area contributed by atoms with Gasteiger partial charge < -0.3 is 15.3 Å². The molecular formula is C13H26N2O3. The van der Waals surface area contributed by atoms with Gasteiger partial charge in [-0.05, 0) is 13.3 Å². The summed E-state index contributed by atoms with van der Waals surface area (Å²) in [6.07, 6.45) is 0.484. The van der Waals surface area contributed by atoms with Crippen molar-refractivity contribution in [3.05, 3.63) is 0 Å². The van der Waals surface area contributed by atoms with E-state index in [4.69, 9.17) is 5.11 Å². The number of nitrogens with zero attached hydrogens (tertiary/aromatic N) is 1. The molecule has 18 heavy (non-hydrogen) atoms. The molecule has 0 spiro atoms. The second-order valence-corrected chi connectivity index (χ2v) is 5.73. The molecule has 0 aliphatic heterocycles. The lowest BCUT2D eigenvalue weighted by Gasteiger charge is -2.20. The van der Waals surface area contributed by atoms with E-state index >= 15 is 0 Å². The van der Waals surface area contributed by atoms with Crippen LogP contribution in [-0.4, -0.2) is 48.1 Å². The molecular weight excluding hydrogens is 232 g/mol. The fourth-order valence-corrected chi connectivity index (χ4v) is 1.40. The predicted octanol–water partition coefficient (Wildman–Crippen LogP) is 0.768. The minimum atomic E-state index is -0.514. The van der Waals surface area contributed by atoms with Gasteiger partial charge in [-0.25, -0.2) is 0 Å². The third-order valence-corrected chi connectivity index (χ3v) is 2.50. The number of nitrogens with one attached hydrogen (secondary N) is 1. The first-order valence-corrected chi connectivity index (χ1v) is 6.35. The average molecular weight is 258 g/mol. The third kappa shape index (κ3) is 7.27. The summed E-state index contributed by atoms with van der Waals surface area (Å²) in [4.78, 5) is 24.7. The second-order valence-electron chi connectivity index (χ2n) is 5.73. The number of likely N-dealkylation sites (N-methyl/N-ethyl adjacent to an activating group) is 1. The van der Waals surface area contributed by atoms with Crippen LogP contribution in [0.5, 0.6) is 0 Å². The summed E-state index contributed by atoms with van der Waals surface area (Å²) in [7, 11) is 1.67. The fraction of sp³-hybridized carbons (Fsp3) is 0.846. The van der Waals surface area contributed by atoms with Crippen LogP contribution in [0.4, 0.5) is 0 Å². The van der Waals surface area contributed by atoms with E-state index in [0.29, 0.717) is 25.9 Å². The van der Waals surface area contributed by atoms with Gasteiger partial charge >= 0.3 is 0 Å². The Hall–Kier alpha value is -1.10. The van der Waals surface area contributed by atoms with Crippen LogP contribution in [0.2, 0.25) is 0 Å². The van der Waals surface area contributed by atoms with Crippen molar-refractivity contribution in [1.82, 2.24) is 10.2 Å². The van der Waals surface area contributed by atoms with Gasteiger partial charge in [0, 0.05) is 32.0 Å². The van der Waals surface area contributed by atoms with Crippen molar-refractivity contribution in [3.8, 4) is 0 Å². The monoisotopic (exact) mass is 258 g/mol. The molecule has 0 aromatic carbocycles. The van der Waals surface area contributed by atoms with Crippen molar-refractivity contribution >= 4 is 11.8 Å². The standard InChI is InChI=1S/C13H26N2O3/c1-10(16)9-15(5)11(17)7-6-8-14-12(18)13(2,3)4/h10,16H,6-9H2,1-5H3,(H,14,18). The lowest BCUT2D eigenvalue weighted by Crippen LogP contribution is -2.36. The lowest BCUT2D eigenvalue weighted by molar-refractivity contribution is -0.132. The highest BCUT2D eigenvalue weighted by Crippen LogP contribution is 2.12. The van der Waals surface area contributed by atoms with Crippen molar-refractivity contribution in [3.63, 3.8) is 0 Å². The molecule has 0 bridgehead atoms. The number of amides is 2. The smallest absolute Gasteiger partial charge is 0.225 e. The molecule has 106 valence electrons. The first-order chi connectivity index (χ1) is 8.14. The van der Waals surface area contributed by atoms with Crippen molar-refractivity contribution in [2.24, 2.45) is 5.41 Å². The van der Waals surface area contributed by atoms with E-state index in [1.54, 1.807) is 14.0 Å². The fourth-order valence-electron chi connectivity index (χ4n) is 1.40. The Morgan fingerprint density at radius 2 is 1.89 bits per heavy atom. The molecule has 2 N–H and O–H groups in total. The van der Waals surface area contributed by atoms with E-state index in [-0.39, 0.29) is 11.8 Å². The maximum absolute atomic E-state index is 11.6. The molecule has 5 heteroatoms. The molecule has 0 fully saturated rings. The zero-order chi connectivity index (χ0) is 14.3.